The van der Waals surface area contributed by atoms with Crippen molar-refractivity contribution in [2.75, 3.05) is 50.6 Å². The molecule has 5 heterocycles. The number of carbonyl (C=O) groups is 1. The highest BCUT2D eigenvalue weighted by atomic mass is 19.1. The first kappa shape index (κ1) is 23.4. The van der Waals surface area contributed by atoms with E-state index in [0.29, 0.717) is 48.5 Å². The number of hydrogen-bond acceptors (Lipinski definition) is 7. The van der Waals surface area contributed by atoms with Gasteiger partial charge in [-0.3, -0.25) is 9.20 Å². The molecule has 0 saturated carbocycles. The van der Waals surface area contributed by atoms with Crippen molar-refractivity contribution in [3.63, 3.8) is 0 Å². The van der Waals surface area contributed by atoms with Crippen LogP contribution in [0.4, 0.5) is 21.6 Å². The van der Waals surface area contributed by atoms with Gasteiger partial charge in [-0.2, -0.15) is 0 Å². The van der Waals surface area contributed by atoms with Gasteiger partial charge in [-0.05, 0) is 43.9 Å². The van der Waals surface area contributed by atoms with Crippen LogP contribution < -0.4 is 15.5 Å². The molecular weight excluding hydrogens is 473 g/mol. The third-order valence-electron chi connectivity index (χ3n) is 7.07. The molecule has 10 heteroatoms. The molecule has 3 aromatic heterocycles. The first-order chi connectivity index (χ1) is 18.0. The van der Waals surface area contributed by atoms with E-state index in [-0.39, 0.29) is 11.7 Å². The summed E-state index contributed by atoms with van der Waals surface area (Å²) in [7, 11) is 4.13. The Labute approximate surface area is 213 Å². The van der Waals surface area contributed by atoms with Crippen molar-refractivity contribution >= 4 is 28.7 Å². The number of pyridine rings is 2. The molecule has 0 bridgehead atoms. The smallest absolute Gasteiger partial charge is 0.254 e. The lowest BCUT2D eigenvalue weighted by Crippen LogP contribution is -2.41. The molecule has 2 N–H and O–H groups in total. The average molecular weight is 502 g/mol. The lowest BCUT2D eigenvalue weighted by Gasteiger charge is -2.28. The molecule has 0 spiro atoms. The van der Waals surface area contributed by atoms with Crippen molar-refractivity contribution < 1.29 is 13.9 Å². The number of ether oxygens (including phenoxy) is 1. The summed E-state index contributed by atoms with van der Waals surface area (Å²) in [5.41, 5.74) is 5.36. The van der Waals surface area contributed by atoms with Crippen LogP contribution in [0.15, 0.2) is 55.0 Å². The number of halogens is 1. The maximum absolute atomic E-state index is 13.6. The minimum absolute atomic E-state index is 0.143. The zero-order valence-corrected chi connectivity index (χ0v) is 20.7. The number of amides is 1. The molecule has 1 fully saturated rings. The van der Waals surface area contributed by atoms with Gasteiger partial charge in [-0.1, -0.05) is 6.07 Å². The number of likely N-dealkylation sites (N-methyl/N-ethyl adjacent to an activating group) is 1. The predicted octanol–water partition coefficient (Wildman–Crippen LogP) is 3.29. The van der Waals surface area contributed by atoms with Crippen LogP contribution in [0.2, 0.25) is 0 Å². The zero-order chi connectivity index (χ0) is 25.5. The minimum atomic E-state index is -0.341. The second-order valence-corrected chi connectivity index (χ2v) is 9.58. The molecule has 2 aliphatic rings. The maximum atomic E-state index is 13.6. The number of benzene rings is 1. The molecule has 6 rings (SSSR count). The van der Waals surface area contributed by atoms with Crippen molar-refractivity contribution in [3.8, 4) is 11.3 Å². The molecule has 190 valence electrons. The van der Waals surface area contributed by atoms with Crippen LogP contribution in [-0.4, -0.2) is 71.6 Å². The standard InChI is InChI=1S/C27H28FN7O2/c1-33(2)19-15-34(9-10-37-16-19)18-3-6-24(29-12-18)32-22-5-4-20(21-13-31-27(36)26(21)22)23-14-30-25-11-17(28)7-8-35(23)25/h3-8,11-12,14,19H,9-10,13,15-16H2,1-2H3,(H,29,32)(H,31,36). The fraction of sp³-hybridized carbons (Fsp3) is 0.296. The quantitative estimate of drug-likeness (QED) is 0.434. The fourth-order valence-electron chi connectivity index (χ4n) is 4.97. The minimum Gasteiger partial charge on any atom is -0.378 e. The molecule has 9 nitrogen and oxygen atoms in total. The molecule has 1 amide bonds. The van der Waals surface area contributed by atoms with E-state index < -0.39 is 0 Å². The highest BCUT2D eigenvalue weighted by Gasteiger charge is 2.27. The predicted molar refractivity (Wildman–Crippen MR) is 140 cm³/mol. The lowest BCUT2D eigenvalue weighted by atomic mass is 9.99. The third-order valence-corrected chi connectivity index (χ3v) is 7.07. The maximum Gasteiger partial charge on any atom is 0.254 e. The van der Waals surface area contributed by atoms with E-state index in [9.17, 15) is 9.18 Å². The van der Waals surface area contributed by atoms with Crippen LogP contribution in [0.25, 0.3) is 16.9 Å². The van der Waals surface area contributed by atoms with Crippen molar-refractivity contribution in [2.45, 2.75) is 12.6 Å². The van der Waals surface area contributed by atoms with E-state index in [4.69, 9.17) is 4.74 Å². The van der Waals surface area contributed by atoms with Gasteiger partial charge in [-0.25, -0.2) is 14.4 Å². The molecule has 1 atom stereocenters. The third kappa shape index (κ3) is 4.38. The Bertz CT molecular complexity index is 1470. The van der Waals surface area contributed by atoms with Gasteiger partial charge in [0.05, 0.1) is 48.2 Å². The van der Waals surface area contributed by atoms with E-state index in [2.05, 4.69) is 44.5 Å². The number of anilines is 3. The summed E-state index contributed by atoms with van der Waals surface area (Å²) in [6.45, 7) is 3.48. The summed E-state index contributed by atoms with van der Waals surface area (Å²) in [5.74, 6) is 0.167. The zero-order valence-electron chi connectivity index (χ0n) is 20.7. The Morgan fingerprint density at radius 3 is 2.86 bits per heavy atom. The lowest BCUT2D eigenvalue weighted by molar-refractivity contribution is 0.0966. The summed E-state index contributed by atoms with van der Waals surface area (Å²) in [4.78, 5) is 26.3. The molecule has 1 saturated heterocycles. The molecule has 2 aliphatic heterocycles. The van der Waals surface area contributed by atoms with Crippen molar-refractivity contribution in [1.82, 2.24) is 24.6 Å². The average Bonchev–Trinajstić information content (AvgIpc) is 3.39. The van der Waals surface area contributed by atoms with Gasteiger partial charge in [0.25, 0.3) is 5.91 Å². The van der Waals surface area contributed by atoms with Crippen LogP contribution in [0.1, 0.15) is 15.9 Å². The summed E-state index contributed by atoms with van der Waals surface area (Å²) in [5, 5.41) is 6.26. The Morgan fingerprint density at radius 1 is 1.16 bits per heavy atom. The molecule has 1 unspecified atom stereocenters. The van der Waals surface area contributed by atoms with E-state index in [0.717, 1.165) is 35.6 Å². The summed E-state index contributed by atoms with van der Waals surface area (Å²) in [6, 6.07) is 10.9. The van der Waals surface area contributed by atoms with Gasteiger partial charge in [-0.15, -0.1) is 0 Å². The van der Waals surface area contributed by atoms with Gasteiger partial charge < -0.3 is 25.2 Å². The molecule has 0 aliphatic carbocycles. The number of hydrogen-bond donors (Lipinski definition) is 2. The monoisotopic (exact) mass is 501 g/mol. The second-order valence-electron chi connectivity index (χ2n) is 9.58. The van der Waals surface area contributed by atoms with E-state index in [1.165, 1.54) is 12.1 Å². The first-order valence-corrected chi connectivity index (χ1v) is 12.3. The van der Waals surface area contributed by atoms with Crippen LogP contribution in [0.5, 0.6) is 0 Å². The van der Waals surface area contributed by atoms with Crippen LogP contribution >= 0.6 is 0 Å². The highest BCUT2D eigenvalue weighted by molar-refractivity contribution is 6.06. The number of nitrogens with one attached hydrogen (secondary N) is 2. The van der Waals surface area contributed by atoms with Gasteiger partial charge in [0.2, 0.25) is 0 Å². The summed E-state index contributed by atoms with van der Waals surface area (Å²) >= 11 is 0. The largest absolute Gasteiger partial charge is 0.378 e. The first-order valence-electron chi connectivity index (χ1n) is 12.3. The number of imidazole rings is 1. The van der Waals surface area contributed by atoms with E-state index >= 15 is 0 Å². The topological polar surface area (TPSA) is 87.0 Å². The number of rotatable bonds is 5. The van der Waals surface area contributed by atoms with Crippen molar-refractivity contribution in [3.05, 3.63) is 71.9 Å². The number of aromatic nitrogens is 3. The SMILES string of the molecule is CN(C)C1COCCN(c2ccc(Nc3ccc(-c4cnc5cc(F)ccn45)c4c3C(=O)NC4)nc2)C1. The van der Waals surface area contributed by atoms with Gasteiger partial charge in [0.15, 0.2) is 0 Å². The van der Waals surface area contributed by atoms with Crippen molar-refractivity contribution in [2.24, 2.45) is 0 Å². The van der Waals surface area contributed by atoms with Crippen LogP contribution in [0.3, 0.4) is 0 Å². The second kappa shape index (κ2) is 9.45. The molecule has 1 aromatic carbocycles. The van der Waals surface area contributed by atoms with Crippen LogP contribution in [-0.2, 0) is 11.3 Å². The van der Waals surface area contributed by atoms with Crippen molar-refractivity contribution in [1.29, 1.82) is 0 Å². The summed E-state index contributed by atoms with van der Waals surface area (Å²) in [6.07, 6.45) is 5.21. The number of carbonyl (C=O) groups excluding carboxylic acids is 1. The van der Waals surface area contributed by atoms with Gasteiger partial charge in [0, 0.05) is 43.5 Å². The normalized spacial score (nSPS) is 17.7. The van der Waals surface area contributed by atoms with Crippen LogP contribution in [0, 0.1) is 5.82 Å². The summed E-state index contributed by atoms with van der Waals surface area (Å²) < 4.78 is 21.2. The Hall–Kier alpha value is -4.02. The Morgan fingerprint density at radius 2 is 2.05 bits per heavy atom. The van der Waals surface area contributed by atoms with E-state index in [1.807, 2.05) is 34.9 Å². The Kier molecular flexibility index (Phi) is 5.97. The number of fused-ring (bicyclic) bond motifs is 2. The molecule has 37 heavy (non-hydrogen) atoms. The highest BCUT2D eigenvalue weighted by Crippen LogP contribution is 2.35. The number of nitrogens with zero attached hydrogens (tertiary/aromatic N) is 5. The van der Waals surface area contributed by atoms with Gasteiger partial charge in [0.1, 0.15) is 17.3 Å². The Balaban J connectivity index is 1.28. The van der Waals surface area contributed by atoms with Gasteiger partial charge >= 0.3 is 0 Å². The fourth-order valence-corrected chi connectivity index (χ4v) is 4.97. The molecule has 4 aromatic rings. The molecule has 0 radical (unpaired) electrons. The van der Waals surface area contributed by atoms with E-state index in [1.54, 1.807) is 12.4 Å². The molecular formula is C27H28FN7O2.